The molecule has 4 saturated carbocycles. The third-order valence-corrected chi connectivity index (χ3v) is 6.63. The van der Waals surface area contributed by atoms with Crippen molar-refractivity contribution in [3.63, 3.8) is 0 Å². The van der Waals surface area contributed by atoms with E-state index in [0.717, 1.165) is 54.1 Å². The van der Waals surface area contributed by atoms with Crippen molar-refractivity contribution in [3.8, 4) is 11.5 Å². The monoisotopic (exact) mass is 389 g/mol. The number of para-hydroxylation sites is 1. The summed E-state index contributed by atoms with van der Waals surface area (Å²) in [4.78, 5) is 12.5. The highest BCUT2D eigenvalue weighted by molar-refractivity contribution is 5.82. The number of nitrogens with zero attached hydrogens (tertiary/aromatic N) is 1. The van der Waals surface area contributed by atoms with Gasteiger partial charge in [-0.25, -0.2) is 10.2 Å². The van der Waals surface area contributed by atoms with Crippen molar-refractivity contribution in [3.05, 3.63) is 60.2 Å². The van der Waals surface area contributed by atoms with Crippen LogP contribution >= 0.6 is 0 Å². The Bertz CT molecular complexity index is 874. The number of carbonyl (C=O) groups is 1. The molecule has 2 N–H and O–H groups in total. The number of benzene rings is 2. The lowest BCUT2D eigenvalue weighted by Gasteiger charge is -2.56. The van der Waals surface area contributed by atoms with E-state index in [4.69, 9.17) is 4.74 Å². The highest BCUT2D eigenvalue weighted by Crippen LogP contribution is 2.55. The summed E-state index contributed by atoms with van der Waals surface area (Å²) in [5.41, 5.74) is 3.52. The molecule has 0 heterocycles. The summed E-state index contributed by atoms with van der Waals surface area (Å²) in [6, 6.07) is 17.1. The molecule has 29 heavy (non-hydrogen) atoms. The number of hydrazone groups is 1. The molecule has 0 atom stereocenters. The number of ether oxygens (including phenoxy) is 1. The summed E-state index contributed by atoms with van der Waals surface area (Å²) in [6.07, 6.45) is 9.14. The van der Waals surface area contributed by atoms with Gasteiger partial charge in [0.2, 0.25) is 0 Å². The molecule has 2 aromatic rings. The fourth-order valence-electron chi connectivity index (χ4n) is 5.98. The minimum absolute atomic E-state index is 0.00219. The Morgan fingerprint density at radius 3 is 2.28 bits per heavy atom. The summed E-state index contributed by atoms with van der Waals surface area (Å²) < 4.78 is 5.84. The smallest absolute Gasteiger partial charge is 0.335 e. The first-order valence-electron chi connectivity index (χ1n) is 10.6. The number of nitrogens with one attached hydrogen (secondary N) is 2. The third kappa shape index (κ3) is 4.14. The van der Waals surface area contributed by atoms with E-state index in [1.54, 1.807) is 6.21 Å². The minimum atomic E-state index is -0.195. The van der Waals surface area contributed by atoms with E-state index >= 15 is 0 Å². The van der Waals surface area contributed by atoms with Gasteiger partial charge in [0.05, 0.1) is 6.21 Å². The molecule has 4 fully saturated rings. The van der Waals surface area contributed by atoms with Gasteiger partial charge in [0, 0.05) is 5.54 Å². The number of rotatable bonds is 5. The zero-order valence-electron chi connectivity index (χ0n) is 16.5. The van der Waals surface area contributed by atoms with E-state index in [9.17, 15) is 4.79 Å². The van der Waals surface area contributed by atoms with Crippen molar-refractivity contribution in [1.29, 1.82) is 0 Å². The molecule has 2 amide bonds. The number of hydrogen-bond donors (Lipinski definition) is 2. The number of amides is 2. The van der Waals surface area contributed by atoms with Crippen molar-refractivity contribution in [2.45, 2.75) is 44.1 Å². The van der Waals surface area contributed by atoms with Gasteiger partial charge in [-0.05, 0) is 86.1 Å². The molecule has 6 rings (SSSR count). The average molecular weight is 389 g/mol. The normalized spacial score (nSPS) is 29.7. The summed E-state index contributed by atoms with van der Waals surface area (Å²) in [5.74, 6) is 3.93. The van der Waals surface area contributed by atoms with Crippen LogP contribution in [0.25, 0.3) is 0 Å². The Hall–Kier alpha value is -2.82. The zero-order valence-corrected chi connectivity index (χ0v) is 16.5. The maximum atomic E-state index is 12.5. The van der Waals surface area contributed by atoms with Gasteiger partial charge < -0.3 is 10.1 Å². The predicted octanol–water partition coefficient (Wildman–Crippen LogP) is 5.08. The van der Waals surface area contributed by atoms with Crippen LogP contribution < -0.4 is 15.5 Å². The van der Waals surface area contributed by atoms with E-state index in [1.807, 2.05) is 54.6 Å². The molecular formula is C24H27N3O2. The van der Waals surface area contributed by atoms with Crippen LogP contribution in [-0.4, -0.2) is 17.8 Å². The second kappa shape index (κ2) is 7.54. The van der Waals surface area contributed by atoms with Gasteiger partial charge >= 0.3 is 6.03 Å². The summed E-state index contributed by atoms with van der Waals surface area (Å²) in [5, 5.41) is 7.41. The molecule has 5 nitrogen and oxygen atoms in total. The Morgan fingerprint density at radius 1 is 0.931 bits per heavy atom. The molecule has 4 aliphatic carbocycles. The molecule has 0 unspecified atom stereocenters. The zero-order chi connectivity index (χ0) is 19.7. The fraction of sp³-hybridized carbons (Fsp3) is 0.417. The lowest BCUT2D eigenvalue weighted by Crippen LogP contribution is -2.61. The van der Waals surface area contributed by atoms with Crippen LogP contribution in [-0.2, 0) is 0 Å². The van der Waals surface area contributed by atoms with Gasteiger partial charge in [-0.2, -0.15) is 5.10 Å². The first-order chi connectivity index (χ1) is 14.2. The minimum Gasteiger partial charge on any atom is -0.457 e. The Kier molecular flexibility index (Phi) is 4.74. The largest absolute Gasteiger partial charge is 0.457 e. The van der Waals surface area contributed by atoms with E-state index in [1.165, 1.54) is 19.3 Å². The first-order valence-corrected chi connectivity index (χ1v) is 10.6. The van der Waals surface area contributed by atoms with Crippen molar-refractivity contribution in [2.75, 3.05) is 0 Å². The van der Waals surface area contributed by atoms with Crippen molar-refractivity contribution < 1.29 is 9.53 Å². The van der Waals surface area contributed by atoms with Gasteiger partial charge in [-0.3, -0.25) is 0 Å². The Balaban J connectivity index is 1.17. The van der Waals surface area contributed by atoms with Gasteiger partial charge in [0.25, 0.3) is 0 Å². The molecule has 0 radical (unpaired) electrons. The maximum Gasteiger partial charge on any atom is 0.335 e. The van der Waals surface area contributed by atoms with Crippen LogP contribution in [0, 0.1) is 17.8 Å². The van der Waals surface area contributed by atoms with E-state index in [2.05, 4.69) is 15.8 Å². The second-order valence-corrected chi connectivity index (χ2v) is 9.01. The van der Waals surface area contributed by atoms with E-state index in [-0.39, 0.29) is 11.6 Å². The Morgan fingerprint density at radius 2 is 1.59 bits per heavy atom. The quantitative estimate of drug-likeness (QED) is 0.553. The van der Waals surface area contributed by atoms with Gasteiger partial charge in [-0.1, -0.05) is 30.3 Å². The summed E-state index contributed by atoms with van der Waals surface area (Å²) in [6.45, 7) is 0. The number of carbonyl (C=O) groups excluding carboxylic acids is 1. The molecular weight excluding hydrogens is 362 g/mol. The molecule has 5 heteroatoms. The van der Waals surface area contributed by atoms with Crippen molar-refractivity contribution >= 4 is 12.2 Å². The van der Waals surface area contributed by atoms with E-state index in [0.29, 0.717) is 0 Å². The van der Waals surface area contributed by atoms with Gasteiger partial charge in [-0.15, -0.1) is 0 Å². The summed E-state index contributed by atoms with van der Waals surface area (Å²) in [7, 11) is 0. The van der Waals surface area contributed by atoms with Crippen LogP contribution in [0.5, 0.6) is 11.5 Å². The molecule has 0 spiro atoms. The summed E-state index contributed by atoms with van der Waals surface area (Å²) >= 11 is 0. The number of hydrogen-bond acceptors (Lipinski definition) is 3. The fourth-order valence-corrected chi connectivity index (χ4v) is 5.98. The van der Waals surface area contributed by atoms with Crippen LogP contribution in [0.2, 0.25) is 0 Å². The van der Waals surface area contributed by atoms with Gasteiger partial charge in [0.1, 0.15) is 11.5 Å². The topological polar surface area (TPSA) is 62.7 Å². The molecule has 0 saturated heterocycles. The molecule has 0 aromatic heterocycles. The van der Waals surface area contributed by atoms with Gasteiger partial charge in [0.15, 0.2) is 0 Å². The number of urea groups is 1. The molecule has 4 bridgehead atoms. The molecule has 2 aromatic carbocycles. The van der Waals surface area contributed by atoms with Crippen LogP contribution in [0.15, 0.2) is 59.7 Å². The lowest BCUT2D eigenvalue weighted by atomic mass is 9.53. The molecule has 4 aliphatic rings. The van der Waals surface area contributed by atoms with Crippen LogP contribution in [0.4, 0.5) is 4.79 Å². The second-order valence-electron chi connectivity index (χ2n) is 9.01. The average Bonchev–Trinajstić information content (AvgIpc) is 2.67. The van der Waals surface area contributed by atoms with Crippen LogP contribution in [0.3, 0.4) is 0 Å². The lowest BCUT2D eigenvalue weighted by molar-refractivity contribution is -0.0135. The molecule has 0 aliphatic heterocycles. The van der Waals surface area contributed by atoms with Crippen LogP contribution in [0.1, 0.15) is 44.1 Å². The third-order valence-electron chi connectivity index (χ3n) is 6.63. The van der Waals surface area contributed by atoms with Crippen molar-refractivity contribution in [1.82, 2.24) is 10.7 Å². The predicted molar refractivity (Wildman–Crippen MR) is 113 cm³/mol. The SMILES string of the molecule is O=C(N/N=C/c1cccc(Oc2ccccc2)c1)NC12CC3CC(CC(C3)C1)C2. The highest BCUT2D eigenvalue weighted by atomic mass is 16.5. The Labute approximate surface area is 171 Å². The first kappa shape index (κ1) is 18.2. The van der Waals surface area contributed by atoms with E-state index < -0.39 is 0 Å². The highest BCUT2D eigenvalue weighted by Gasteiger charge is 2.51. The maximum absolute atomic E-state index is 12.5. The standard InChI is InChI=1S/C24H27N3O2/c28-23(26-24-13-18-9-19(14-24)11-20(10-18)15-24)27-25-16-17-5-4-8-22(12-17)29-21-6-2-1-3-7-21/h1-8,12,16,18-20H,9-11,13-15H2,(H2,26,27,28)/b25-16+. The van der Waals surface area contributed by atoms with Crippen molar-refractivity contribution in [2.24, 2.45) is 22.9 Å². The molecule has 150 valence electrons.